The summed E-state index contributed by atoms with van der Waals surface area (Å²) in [5.74, 6) is -1.13. The Balaban J connectivity index is 2.30. The van der Waals surface area contributed by atoms with Gasteiger partial charge in [0.15, 0.2) is 0 Å². The standard InChI is InChI=1S/C16H10ClFN2/c17-14-2-1-3-15(18)16(14)13(10-20)8-11-4-6-12(9-19)7-5-11/h1-7,13H,8H2. The number of hydrogen-bond donors (Lipinski definition) is 0. The van der Waals surface area contributed by atoms with E-state index in [1.165, 1.54) is 12.1 Å². The van der Waals surface area contributed by atoms with Gasteiger partial charge < -0.3 is 0 Å². The maximum atomic E-state index is 13.8. The Bertz CT molecular complexity index is 676. The first kappa shape index (κ1) is 14.1. The summed E-state index contributed by atoms with van der Waals surface area (Å²) in [5, 5.41) is 18.3. The third-order valence-electron chi connectivity index (χ3n) is 3.03. The summed E-state index contributed by atoms with van der Waals surface area (Å²) in [7, 11) is 0. The van der Waals surface area contributed by atoms with Crippen LogP contribution >= 0.6 is 11.6 Å². The monoisotopic (exact) mass is 284 g/mol. The van der Waals surface area contributed by atoms with E-state index in [1.54, 1.807) is 30.3 Å². The van der Waals surface area contributed by atoms with Crippen LogP contribution in [0.2, 0.25) is 5.02 Å². The number of hydrogen-bond acceptors (Lipinski definition) is 2. The van der Waals surface area contributed by atoms with Gasteiger partial charge in [-0.05, 0) is 36.2 Å². The van der Waals surface area contributed by atoms with Gasteiger partial charge in [-0.25, -0.2) is 4.39 Å². The lowest BCUT2D eigenvalue weighted by atomic mass is 9.92. The summed E-state index contributed by atoms with van der Waals surface area (Å²) < 4.78 is 13.8. The molecule has 0 saturated carbocycles. The zero-order valence-electron chi connectivity index (χ0n) is 10.5. The van der Waals surface area contributed by atoms with Crippen molar-refractivity contribution in [1.29, 1.82) is 10.5 Å². The molecule has 0 bridgehead atoms. The van der Waals surface area contributed by atoms with E-state index < -0.39 is 11.7 Å². The van der Waals surface area contributed by atoms with Crippen LogP contribution in [-0.4, -0.2) is 0 Å². The first-order valence-corrected chi connectivity index (χ1v) is 6.36. The zero-order valence-corrected chi connectivity index (χ0v) is 11.2. The predicted molar refractivity (Wildman–Crippen MR) is 74.6 cm³/mol. The fraction of sp³-hybridized carbons (Fsp3) is 0.125. The van der Waals surface area contributed by atoms with Crippen molar-refractivity contribution in [3.63, 3.8) is 0 Å². The van der Waals surface area contributed by atoms with Gasteiger partial charge >= 0.3 is 0 Å². The van der Waals surface area contributed by atoms with Gasteiger partial charge in [-0.15, -0.1) is 0 Å². The minimum Gasteiger partial charge on any atom is -0.207 e. The van der Waals surface area contributed by atoms with Crippen molar-refractivity contribution in [2.75, 3.05) is 0 Å². The smallest absolute Gasteiger partial charge is 0.129 e. The van der Waals surface area contributed by atoms with Crippen LogP contribution in [0.4, 0.5) is 4.39 Å². The molecule has 2 nitrogen and oxygen atoms in total. The molecule has 4 heteroatoms. The Kier molecular flexibility index (Phi) is 4.35. The Morgan fingerprint density at radius 3 is 2.35 bits per heavy atom. The van der Waals surface area contributed by atoms with Crippen LogP contribution in [0.25, 0.3) is 0 Å². The second-order valence-electron chi connectivity index (χ2n) is 4.33. The van der Waals surface area contributed by atoms with Crippen molar-refractivity contribution in [3.8, 4) is 12.1 Å². The average Bonchev–Trinajstić information content (AvgIpc) is 2.46. The first-order valence-electron chi connectivity index (χ1n) is 5.98. The van der Waals surface area contributed by atoms with E-state index >= 15 is 0 Å². The summed E-state index contributed by atoms with van der Waals surface area (Å²) in [6, 6.07) is 15.4. The van der Waals surface area contributed by atoms with Crippen molar-refractivity contribution in [1.82, 2.24) is 0 Å². The van der Waals surface area contributed by atoms with Crippen molar-refractivity contribution < 1.29 is 4.39 Å². The lowest BCUT2D eigenvalue weighted by Gasteiger charge is -2.12. The van der Waals surface area contributed by atoms with Crippen LogP contribution in [0, 0.1) is 28.5 Å². The van der Waals surface area contributed by atoms with Gasteiger partial charge in [0.2, 0.25) is 0 Å². The van der Waals surface area contributed by atoms with E-state index in [-0.39, 0.29) is 10.6 Å². The summed E-state index contributed by atoms with van der Waals surface area (Å²) in [5.41, 5.74) is 1.63. The third-order valence-corrected chi connectivity index (χ3v) is 3.36. The second-order valence-corrected chi connectivity index (χ2v) is 4.74. The van der Waals surface area contributed by atoms with Gasteiger partial charge in [0.05, 0.1) is 23.6 Å². The molecule has 0 fully saturated rings. The summed E-state index contributed by atoms with van der Waals surface area (Å²) in [4.78, 5) is 0. The van der Waals surface area contributed by atoms with Gasteiger partial charge in [0, 0.05) is 10.6 Å². The lowest BCUT2D eigenvalue weighted by Crippen LogP contribution is -2.04. The fourth-order valence-electron chi connectivity index (χ4n) is 2.01. The number of benzene rings is 2. The van der Waals surface area contributed by atoms with Gasteiger partial charge in [-0.1, -0.05) is 29.8 Å². The molecular formula is C16H10ClFN2. The molecule has 98 valence electrons. The predicted octanol–water partition coefficient (Wildman–Crippen LogP) is 4.20. The molecule has 0 heterocycles. The molecule has 1 atom stereocenters. The van der Waals surface area contributed by atoms with Crippen LogP contribution in [0.15, 0.2) is 42.5 Å². The van der Waals surface area contributed by atoms with Crippen LogP contribution in [0.3, 0.4) is 0 Å². The highest BCUT2D eigenvalue weighted by atomic mass is 35.5. The fourth-order valence-corrected chi connectivity index (χ4v) is 2.30. The van der Waals surface area contributed by atoms with E-state index in [0.29, 0.717) is 12.0 Å². The highest BCUT2D eigenvalue weighted by Gasteiger charge is 2.19. The van der Waals surface area contributed by atoms with Gasteiger partial charge in [0.25, 0.3) is 0 Å². The number of nitriles is 2. The SMILES string of the molecule is N#Cc1ccc(CC(C#N)c2c(F)cccc2Cl)cc1. The van der Waals surface area contributed by atoms with E-state index in [0.717, 1.165) is 5.56 Å². The number of halogens is 2. The Hall–Kier alpha value is -2.36. The molecule has 20 heavy (non-hydrogen) atoms. The molecule has 2 rings (SSSR count). The molecule has 0 amide bonds. The maximum absolute atomic E-state index is 13.8. The summed E-state index contributed by atoms with van der Waals surface area (Å²) in [6.07, 6.45) is 0.350. The Labute approximate surface area is 121 Å². The average molecular weight is 285 g/mol. The lowest BCUT2D eigenvalue weighted by molar-refractivity contribution is 0.600. The number of rotatable bonds is 3. The quantitative estimate of drug-likeness (QED) is 0.848. The van der Waals surface area contributed by atoms with Crippen molar-refractivity contribution >= 4 is 11.6 Å². The summed E-state index contributed by atoms with van der Waals surface area (Å²) in [6.45, 7) is 0. The largest absolute Gasteiger partial charge is 0.207 e. The van der Waals surface area contributed by atoms with E-state index in [2.05, 4.69) is 6.07 Å². The van der Waals surface area contributed by atoms with Gasteiger partial charge in [-0.3, -0.25) is 0 Å². The third kappa shape index (κ3) is 2.96. The molecule has 2 aromatic carbocycles. The van der Waals surface area contributed by atoms with Crippen molar-refractivity contribution in [2.24, 2.45) is 0 Å². The molecule has 0 radical (unpaired) electrons. The van der Waals surface area contributed by atoms with Crippen LogP contribution in [-0.2, 0) is 6.42 Å². The Morgan fingerprint density at radius 2 is 1.80 bits per heavy atom. The highest BCUT2D eigenvalue weighted by molar-refractivity contribution is 6.31. The molecule has 0 aliphatic rings. The molecule has 0 saturated heterocycles. The maximum Gasteiger partial charge on any atom is 0.129 e. The minimum atomic E-state index is -0.656. The normalized spacial score (nSPS) is 11.4. The topological polar surface area (TPSA) is 47.6 Å². The van der Waals surface area contributed by atoms with Gasteiger partial charge in [0.1, 0.15) is 5.82 Å². The molecule has 0 aliphatic carbocycles. The van der Waals surface area contributed by atoms with Crippen LogP contribution in [0.5, 0.6) is 0 Å². The second kappa shape index (κ2) is 6.19. The minimum absolute atomic E-state index is 0.223. The van der Waals surface area contributed by atoms with E-state index in [9.17, 15) is 9.65 Å². The highest BCUT2D eigenvalue weighted by Crippen LogP contribution is 2.29. The molecule has 0 N–H and O–H groups in total. The molecule has 0 aliphatic heterocycles. The molecular weight excluding hydrogens is 275 g/mol. The Morgan fingerprint density at radius 1 is 1.10 bits per heavy atom. The molecule has 2 aromatic rings. The van der Waals surface area contributed by atoms with Crippen LogP contribution in [0.1, 0.15) is 22.6 Å². The number of nitrogens with zero attached hydrogens (tertiary/aromatic N) is 2. The molecule has 0 aromatic heterocycles. The van der Waals surface area contributed by atoms with E-state index in [1.807, 2.05) is 6.07 Å². The van der Waals surface area contributed by atoms with Gasteiger partial charge in [-0.2, -0.15) is 10.5 Å². The molecule has 0 spiro atoms. The van der Waals surface area contributed by atoms with Crippen LogP contribution < -0.4 is 0 Å². The zero-order chi connectivity index (χ0) is 14.5. The first-order chi connectivity index (χ1) is 9.65. The van der Waals surface area contributed by atoms with Crippen molar-refractivity contribution in [3.05, 3.63) is 70.0 Å². The van der Waals surface area contributed by atoms with E-state index in [4.69, 9.17) is 16.9 Å². The molecule has 1 unspecified atom stereocenters. The van der Waals surface area contributed by atoms with Crippen molar-refractivity contribution in [2.45, 2.75) is 12.3 Å². The summed E-state index contributed by atoms with van der Waals surface area (Å²) >= 11 is 5.98.